The first-order chi connectivity index (χ1) is 4.79. The number of hydrogen-bond acceptors (Lipinski definition) is 2. The number of halogens is 1. The zero-order valence-electron chi connectivity index (χ0n) is 5.95. The molecule has 0 fully saturated rings. The molecule has 0 aromatic carbocycles. The van der Waals surface area contributed by atoms with Crippen molar-refractivity contribution in [3.8, 4) is 0 Å². The molecule has 11 heavy (non-hydrogen) atoms. The van der Waals surface area contributed by atoms with Gasteiger partial charge in [0.05, 0.1) is 6.26 Å². The smallest absolute Gasteiger partial charge is 0.217 e. The lowest BCUT2D eigenvalue weighted by Crippen LogP contribution is -2.10. The Morgan fingerprint density at radius 2 is 2.36 bits per heavy atom. The molecule has 1 aromatic heterocycles. The minimum atomic E-state index is -0.295. The predicted octanol–water partition coefficient (Wildman–Crippen LogP) is 1.12. The highest BCUT2D eigenvalue weighted by atomic mass is 35.5. The van der Waals surface area contributed by atoms with Crippen LogP contribution in [0, 0.1) is 0 Å². The maximum Gasteiger partial charge on any atom is 0.217 e. The Kier molecular flexibility index (Phi) is 4.38. The monoisotopic (exact) mass is 175 g/mol. The van der Waals surface area contributed by atoms with Gasteiger partial charge in [-0.2, -0.15) is 0 Å². The lowest BCUT2D eigenvalue weighted by atomic mass is 10.2. The maximum atomic E-state index is 10.3. The maximum absolute atomic E-state index is 10.3. The van der Waals surface area contributed by atoms with E-state index in [1.807, 2.05) is 6.07 Å². The van der Waals surface area contributed by atoms with Gasteiger partial charge in [-0.05, 0) is 12.1 Å². The second kappa shape index (κ2) is 4.79. The van der Waals surface area contributed by atoms with Gasteiger partial charge in [0.1, 0.15) is 5.76 Å². The Morgan fingerprint density at radius 1 is 1.64 bits per heavy atom. The summed E-state index contributed by atoms with van der Waals surface area (Å²) in [5.74, 6) is 0.509. The Morgan fingerprint density at radius 3 is 2.82 bits per heavy atom. The summed E-state index contributed by atoms with van der Waals surface area (Å²) >= 11 is 0. The Labute approximate surface area is 71.0 Å². The summed E-state index contributed by atoms with van der Waals surface area (Å²) < 4.78 is 4.98. The number of amides is 1. The van der Waals surface area contributed by atoms with Crippen molar-refractivity contribution in [1.82, 2.24) is 0 Å². The third-order valence-corrected chi connectivity index (χ3v) is 1.20. The molecule has 1 aromatic rings. The van der Waals surface area contributed by atoms with Gasteiger partial charge in [0.25, 0.3) is 0 Å². The first-order valence-corrected chi connectivity index (χ1v) is 3.10. The van der Waals surface area contributed by atoms with Gasteiger partial charge in [0, 0.05) is 12.8 Å². The van der Waals surface area contributed by atoms with Crippen molar-refractivity contribution >= 4 is 18.3 Å². The standard InChI is InChI=1S/C7H9NO2.ClH/c8-7(9)4-3-6-2-1-5-10-6;/h1-2,5H,3-4H2,(H2,8,9);1H. The molecule has 0 aliphatic heterocycles. The van der Waals surface area contributed by atoms with Crippen LogP contribution < -0.4 is 5.73 Å². The van der Waals surface area contributed by atoms with Crippen LogP contribution in [0.4, 0.5) is 0 Å². The topological polar surface area (TPSA) is 56.2 Å². The summed E-state index contributed by atoms with van der Waals surface area (Å²) in [5, 5.41) is 0. The van der Waals surface area contributed by atoms with Gasteiger partial charge in [-0.25, -0.2) is 0 Å². The van der Waals surface area contributed by atoms with Crippen molar-refractivity contribution < 1.29 is 9.21 Å². The highest BCUT2D eigenvalue weighted by Crippen LogP contribution is 2.02. The first kappa shape index (κ1) is 10.0. The second-order valence-corrected chi connectivity index (χ2v) is 2.05. The van der Waals surface area contributed by atoms with E-state index in [0.29, 0.717) is 12.8 Å². The summed E-state index contributed by atoms with van der Waals surface area (Å²) in [6.45, 7) is 0. The average Bonchev–Trinajstić information content (AvgIpc) is 2.34. The summed E-state index contributed by atoms with van der Waals surface area (Å²) in [6.07, 6.45) is 2.53. The fourth-order valence-electron chi connectivity index (χ4n) is 0.701. The van der Waals surface area contributed by atoms with E-state index in [9.17, 15) is 4.79 Å². The number of nitrogens with two attached hydrogens (primary N) is 1. The van der Waals surface area contributed by atoms with Crippen LogP contribution in [-0.2, 0) is 11.2 Å². The molecule has 0 bridgehead atoms. The van der Waals surface area contributed by atoms with Crippen LogP contribution in [0.25, 0.3) is 0 Å². The summed E-state index contributed by atoms with van der Waals surface area (Å²) in [6, 6.07) is 3.61. The van der Waals surface area contributed by atoms with Crippen LogP contribution in [0.2, 0.25) is 0 Å². The molecule has 62 valence electrons. The predicted molar refractivity (Wildman–Crippen MR) is 43.5 cm³/mol. The Balaban J connectivity index is 0.000001000. The van der Waals surface area contributed by atoms with Gasteiger partial charge in [-0.15, -0.1) is 12.4 Å². The molecule has 0 saturated heterocycles. The van der Waals surface area contributed by atoms with Crippen LogP contribution in [0.5, 0.6) is 0 Å². The molecule has 0 radical (unpaired) electrons. The molecule has 0 spiro atoms. The number of furan rings is 1. The minimum absolute atomic E-state index is 0. The van der Waals surface area contributed by atoms with Gasteiger partial charge in [0.15, 0.2) is 0 Å². The van der Waals surface area contributed by atoms with Gasteiger partial charge >= 0.3 is 0 Å². The number of rotatable bonds is 3. The number of hydrogen-bond donors (Lipinski definition) is 1. The van der Waals surface area contributed by atoms with Crippen LogP contribution in [0.3, 0.4) is 0 Å². The van der Waals surface area contributed by atoms with Crippen LogP contribution in [-0.4, -0.2) is 5.91 Å². The third-order valence-electron chi connectivity index (χ3n) is 1.20. The molecule has 1 heterocycles. The second-order valence-electron chi connectivity index (χ2n) is 2.05. The van der Waals surface area contributed by atoms with Crippen molar-refractivity contribution in [3.63, 3.8) is 0 Å². The van der Waals surface area contributed by atoms with Crippen molar-refractivity contribution in [2.24, 2.45) is 5.73 Å². The molecule has 0 saturated carbocycles. The van der Waals surface area contributed by atoms with E-state index in [-0.39, 0.29) is 18.3 Å². The average molecular weight is 176 g/mol. The molecule has 4 heteroatoms. The molecule has 2 N–H and O–H groups in total. The highest BCUT2D eigenvalue weighted by molar-refractivity contribution is 5.85. The van der Waals surface area contributed by atoms with Crippen LogP contribution in [0.1, 0.15) is 12.2 Å². The Hall–Kier alpha value is -0.960. The molecular formula is C7H10ClNO2. The van der Waals surface area contributed by atoms with E-state index in [1.54, 1.807) is 12.3 Å². The molecule has 0 aliphatic carbocycles. The van der Waals surface area contributed by atoms with Gasteiger partial charge < -0.3 is 10.2 Å². The van der Waals surface area contributed by atoms with E-state index < -0.39 is 0 Å². The van der Waals surface area contributed by atoms with Crippen molar-refractivity contribution in [2.45, 2.75) is 12.8 Å². The lowest BCUT2D eigenvalue weighted by Gasteiger charge is -1.90. The molecule has 0 unspecified atom stereocenters. The van der Waals surface area contributed by atoms with Crippen molar-refractivity contribution in [2.75, 3.05) is 0 Å². The van der Waals surface area contributed by atoms with E-state index in [0.717, 1.165) is 5.76 Å². The van der Waals surface area contributed by atoms with Crippen LogP contribution in [0.15, 0.2) is 22.8 Å². The van der Waals surface area contributed by atoms with Crippen LogP contribution >= 0.6 is 12.4 Å². The minimum Gasteiger partial charge on any atom is -0.469 e. The number of carbonyl (C=O) groups excluding carboxylic acids is 1. The summed E-state index contributed by atoms with van der Waals surface area (Å²) in [5.41, 5.74) is 4.93. The van der Waals surface area contributed by atoms with Gasteiger partial charge in [0.2, 0.25) is 5.91 Å². The van der Waals surface area contributed by atoms with E-state index in [1.165, 1.54) is 0 Å². The molecule has 0 aliphatic rings. The number of carbonyl (C=O) groups is 1. The lowest BCUT2D eigenvalue weighted by molar-refractivity contribution is -0.118. The number of primary amides is 1. The summed E-state index contributed by atoms with van der Waals surface area (Å²) in [4.78, 5) is 10.3. The highest BCUT2D eigenvalue weighted by Gasteiger charge is 1.97. The summed E-state index contributed by atoms with van der Waals surface area (Å²) in [7, 11) is 0. The zero-order valence-corrected chi connectivity index (χ0v) is 6.76. The zero-order chi connectivity index (χ0) is 7.40. The fraction of sp³-hybridized carbons (Fsp3) is 0.286. The van der Waals surface area contributed by atoms with Crippen molar-refractivity contribution in [3.05, 3.63) is 24.2 Å². The molecule has 0 atom stereocenters. The van der Waals surface area contributed by atoms with E-state index in [2.05, 4.69) is 0 Å². The molecule has 1 amide bonds. The van der Waals surface area contributed by atoms with Gasteiger partial charge in [-0.1, -0.05) is 0 Å². The first-order valence-electron chi connectivity index (χ1n) is 3.10. The number of aryl methyl sites for hydroxylation is 1. The Bertz CT molecular complexity index is 208. The fourth-order valence-corrected chi connectivity index (χ4v) is 0.701. The van der Waals surface area contributed by atoms with Gasteiger partial charge in [-0.3, -0.25) is 4.79 Å². The largest absolute Gasteiger partial charge is 0.469 e. The quantitative estimate of drug-likeness (QED) is 0.749. The van der Waals surface area contributed by atoms with E-state index in [4.69, 9.17) is 10.2 Å². The molecule has 3 nitrogen and oxygen atoms in total. The normalized spacial score (nSPS) is 8.73. The third kappa shape index (κ3) is 3.68. The van der Waals surface area contributed by atoms with E-state index >= 15 is 0 Å². The van der Waals surface area contributed by atoms with Crippen molar-refractivity contribution in [1.29, 1.82) is 0 Å². The SMILES string of the molecule is Cl.NC(=O)CCc1ccco1. The molecular weight excluding hydrogens is 166 g/mol. The molecule has 1 rings (SSSR count).